The molecule has 1 atom stereocenters. The average molecular weight is 143 g/mol. The Morgan fingerprint density at radius 1 is 1.90 bits per heavy atom. The Morgan fingerprint density at radius 2 is 2.50 bits per heavy atom. The van der Waals surface area contributed by atoms with E-state index < -0.39 is 12.0 Å². The van der Waals surface area contributed by atoms with Crippen molar-refractivity contribution in [2.45, 2.75) is 12.5 Å². The van der Waals surface area contributed by atoms with E-state index in [1.807, 2.05) is 0 Å². The largest absolute Gasteiger partial charge is 0.480 e. The Hall–Kier alpha value is -1.28. The maximum Gasteiger partial charge on any atom is 0.320 e. The lowest BCUT2D eigenvalue weighted by atomic mass is 10.2. The van der Waals surface area contributed by atoms with E-state index in [1.165, 1.54) is 0 Å². The zero-order chi connectivity index (χ0) is 7.98. The number of nitrogens with zero attached hydrogens (tertiary/aromatic N) is 1. The number of nitrogens with two attached hydrogens (primary N) is 1. The summed E-state index contributed by atoms with van der Waals surface area (Å²) in [7, 11) is 0. The van der Waals surface area contributed by atoms with Crippen LogP contribution in [0.3, 0.4) is 0 Å². The predicted molar refractivity (Wildman–Crippen MR) is 33.8 cm³/mol. The quantitative estimate of drug-likeness (QED) is 0.262. The standard InChI is InChI=1S/C5H9N3O2/c6-3-8-2-1-4(7)5(9)10/h4,8H,1-2,7H2,(H,9,10)/t4-/m0/s1. The van der Waals surface area contributed by atoms with Gasteiger partial charge in [-0.2, -0.15) is 5.26 Å². The molecule has 0 aromatic heterocycles. The Labute approximate surface area is 58.4 Å². The highest BCUT2D eigenvalue weighted by atomic mass is 16.4. The lowest BCUT2D eigenvalue weighted by Crippen LogP contribution is -2.32. The monoisotopic (exact) mass is 143 g/mol. The van der Waals surface area contributed by atoms with Crippen LogP contribution in [0.1, 0.15) is 6.42 Å². The first-order chi connectivity index (χ1) is 4.68. The van der Waals surface area contributed by atoms with Crippen molar-refractivity contribution in [2.75, 3.05) is 6.54 Å². The first-order valence-electron chi connectivity index (χ1n) is 2.79. The molecule has 0 saturated heterocycles. The number of rotatable bonds is 4. The van der Waals surface area contributed by atoms with Gasteiger partial charge in [-0.3, -0.25) is 4.79 Å². The van der Waals surface area contributed by atoms with Crippen LogP contribution in [0.15, 0.2) is 0 Å². The van der Waals surface area contributed by atoms with E-state index in [0.29, 0.717) is 6.54 Å². The average Bonchev–Trinajstić information content (AvgIpc) is 1.88. The summed E-state index contributed by atoms with van der Waals surface area (Å²) in [5.74, 6) is -1.04. The fourth-order valence-corrected chi connectivity index (χ4v) is 0.407. The van der Waals surface area contributed by atoms with Crippen molar-refractivity contribution < 1.29 is 9.90 Å². The number of aliphatic carboxylic acids is 1. The molecular formula is C5H9N3O2. The summed E-state index contributed by atoms with van der Waals surface area (Å²) in [5.41, 5.74) is 5.11. The van der Waals surface area contributed by atoms with Crippen LogP contribution in [-0.2, 0) is 4.79 Å². The van der Waals surface area contributed by atoms with E-state index in [-0.39, 0.29) is 6.42 Å². The minimum atomic E-state index is -1.04. The normalized spacial score (nSPS) is 11.6. The van der Waals surface area contributed by atoms with Crippen molar-refractivity contribution in [1.29, 1.82) is 5.26 Å². The molecule has 0 saturated carbocycles. The van der Waals surface area contributed by atoms with Gasteiger partial charge in [-0.05, 0) is 6.42 Å². The number of carboxylic acids is 1. The molecule has 0 rings (SSSR count). The molecule has 0 spiro atoms. The summed E-state index contributed by atoms with van der Waals surface area (Å²) < 4.78 is 0. The highest BCUT2D eigenvalue weighted by Gasteiger charge is 2.09. The summed E-state index contributed by atoms with van der Waals surface area (Å²) >= 11 is 0. The number of nitrogens with one attached hydrogen (secondary N) is 1. The van der Waals surface area contributed by atoms with Crippen LogP contribution in [-0.4, -0.2) is 23.7 Å². The van der Waals surface area contributed by atoms with Crippen molar-refractivity contribution in [1.82, 2.24) is 5.32 Å². The Morgan fingerprint density at radius 3 is 2.90 bits per heavy atom. The van der Waals surface area contributed by atoms with E-state index in [9.17, 15) is 4.79 Å². The Bertz CT molecular complexity index is 151. The van der Waals surface area contributed by atoms with E-state index in [0.717, 1.165) is 0 Å². The number of nitriles is 1. The van der Waals surface area contributed by atoms with Crippen LogP contribution in [0.5, 0.6) is 0 Å². The molecule has 56 valence electrons. The van der Waals surface area contributed by atoms with Crippen molar-refractivity contribution in [3.63, 3.8) is 0 Å². The van der Waals surface area contributed by atoms with Crippen molar-refractivity contribution in [3.8, 4) is 6.19 Å². The summed E-state index contributed by atoms with van der Waals surface area (Å²) in [6.07, 6.45) is 1.93. The van der Waals surface area contributed by atoms with E-state index >= 15 is 0 Å². The summed E-state index contributed by atoms with van der Waals surface area (Å²) in [6.45, 7) is 0.309. The molecule has 0 aliphatic heterocycles. The van der Waals surface area contributed by atoms with Crippen molar-refractivity contribution in [3.05, 3.63) is 0 Å². The molecule has 0 aliphatic rings. The third-order valence-corrected chi connectivity index (χ3v) is 0.977. The SMILES string of the molecule is N#CNCC[C@H](N)C(=O)O. The van der Waals surface area contributed by atoms with Gasteiger partial charge in [0.25, 0.3) is 0 Å². The van der Waals surface area contributed by atoms with Gasteiger partial charge in [-0.25, -0.2) is 0 Å². The molecule has 10 heavy (non-hydrogen) atoms. The van der Waals surface area contributed by atoms with Gasteiger partial charge in [0.05, 0.1) is 0 Å². The predicted octanol–water partition coefficient (Wildman–Crippen LogP) is -1.14. The van der Waals surface area contributed by atoms with Crippen LogP contribution in [0.25, 0.3) is 0 Å². The van der Waals surface area contributed by atoms with E-state index in [2.05, 4.69) is 5.32 Å². The Balaban J connectivity index is 3.32. The number of hydrogen-bond acceptors (Lipinski definition) is 4. The smallest absolute Gasteiger partial charge is 0.320 e. The van der Waals surface area contributed by atoms with Crippen LogP contribution < -0.4 is 11.1 Å². The molecule has 0 fully saturated rings. The summed E-state index contributed by atoms with van der Waals surface area (Å²) in [6, 6.07) is -0.874. The van der Waals surface area contributed by atoms with Gasteiger partial charge >= 0.3 is 5.97 Å². The topological polar surface area (TPSA) is 99.1 Å². The number of carbonyl (C=O) groups is 1. The second-order valence-corrected chi connectivity index (χ2v) is 1.77. The molecule has 5 nitrogen and oxygen atoms in total. The van der Waals surface area contributed by atoms with Gasteiger partial charge in [-0.15, -0.1) is 0 Å². The lowest BCUT2D eigenvalue weighted by molar-refractivity contribution is -0.138. The number of carboxylic acid groups (broad SMARTS) is 1. The van der Waals surface area contributed by atoms with Gasteiger partial charge in [0.1, 0.15) is 6.04 Å². The third-order valence-electron chi connectivity index (χ3n) is 0.977. The molecule has 0 heterocycles. The van der Waals surface area contributed by atoms with Crippen molar-refractivity contribution in [2.24, 2.45) is 5.73 Å². The maximum atomic E-state index is 10.1. The van der Waals surface area contributed by atoms with Crippen LogP contribution >= 0.6 is 0 Å². The molecule has 5 heteroatoms. The molecule has 0 unspecified atom stereocenters. The number of hydrogen-bond donors (Lipinski definition) is 3. The second-order valence-electron chi connectivity index (χ2n) is 1.77. The zero-order valence-corrected chi connectivity index (χ0v) is 5.37. The second kappa shape index (κ2) is 4.58. The van der Waals surface area contributed by atoms with Crippen LogP contribution in [0.2, 0.25) is 0 Å². The molecule has 4 N–H and O–H groups in total. The zero-order valence-electron chi connectivity index (χ0n) is 5.37. The van der Waals surface area contributed by atoms with Gasteiger partial charge < -0.3 is 16.2 Å². The molecular weight excluding hydrogens is 134 g/mol. The van der Waals surface area contributed by atoms with E-state index in [4.69, 9.17) is 16.1 Å². The molecule has 0 aromatic rings. The highest BCUT2D eigenvalue weighted by molar-refractivity contribution is 5.72. The maximum absolute atomic E-state index is 10.1. The van der Waals surface area contributed by atoms with E-state index in [1.54, 1.807) is 6.19 Å². The summed E-state index contributed by atoms with van der Waals surface area (Å²) in [4.78, 5) is 10.1. The van der Waals surface area contributed by atoms with Crippen molar-refractivity contribution >= 4 is 5.97 Å². The highest BCUT2D eigenvalue weighted by Crippen LogP contribution is 1.84. The third kappa shape index (κ3) is 3.69. The van der Waals surface area contributed by atoms with Gasteiger partial charge in [0.15, 0.2) is 6.19 Å². The molecule has 0 radical (unpaired) electrons. The Kier molecular flexibility index (Phi) is 4.00. The minimum Gasteiger partial charge on any atom is -0.480 e. The van der Waals surface area contributed by atoms with Gasteiger partial charge in [0, 0.05) is 6.54 Å². The van der Waals surface area contributed by atoms with Gasteiger partial charge in [0.2, 0.25) is 0 Å². The molecule has 0 amide bonds. The lowest BCUT2D eigenvalue weighted by Gasteiger charge is -2.02. The fourth-order valence-electron chi connectivity index (χ4n) is 0.407. The molecule has 0 aromatic carbocycles. The summed E-state index contributed by atoms with van der Waals surface area (Å²) in [5, 5.41) is 18.5. The molecule has 0 aliphatic carbocycles. The van der Waals surface area contributed by atoms with Crippen LogP contribution in [0, 0.1) is 11.5 Å². The fraction of sp³-hybridized carbons (Fsp3) is 0.600. The van der Waals surface area contributed by atoms with Crippen LogP contribution in [0.4, 0.5) is 0 Å². The minimum absolute atomic E-state index is 0.267. The molecule has 0 bridgehead atoms. The first-order valence-corrected chi connectivity index (χ1v) is 2.79. The van der Waals surface area contributed by atoms with Gasteiger partial charge in [-0.1, -0.05) is 0 Å². The first kappa shape index (κ1) is 8.72.